The monoisotopic (exact) mass is 522 g/mol. The molecule has 0 atom stereocenters. The van der Waals surface area contributed by atoms with Crippen molar-refractivity contribution in [3.8, 4) is 5.75 Å². The van der Waals surface area contributed by atoms with Gasteiger partial charge in [-0.1, -0.05) is 84.9 Å². The van der Waals surface area contributed by atoms with Gasteiger partial charge in [0, 0.05) is 16.8 Å². The maximum absolute atomic E-state index is 13.9. The maximum atomic E-state index is 13.9. The van der Waals surface area contributed by atoms with Gasteiger partial charge >= 0.3 is 0 Å². The normalized spacial score (nSPS) is 13.9. The predicted molar refractivity (Wildman–Crippen MR) is 151 cm³/mol. The number of sulfonamides is 1. The molecule has 0 bridgehead atoms. The number of benzene rings is 4. The minimum absolute atomic E-state index is 0.0334. The van der Waals surface area contributed by atoms with E-state index < -0.39 is 15.9 Å². The first-order valence-corrected chi connectivity index (χ1v) is 13.5. The van der Waals surface area contributed by atoms with Crippen molar-refractivity contribution in [3.05, 3.63) is 143 Å². The van der Waals surface area contributed by atoms with E-state index in [0.717, 1.165) is 5.56 Å². The van der Waals surface area contributed by atoms with Crippen molar-refractivity contribution in [1.29, 1.82) is 0 Å². The minimum atomic E-state index is -4.20. The van der Waals surface area contributed by atoms with Gasteiger partial charge in [-0.25, -0.2) is 8.42 Å². The van der Waals surface area contributed by atoms with Crippen molar-refractivity contribution >= 4 is 32.9 Å². The van der Waals surface area contributed by atoms with Crippen LogP contribution in [-0.4, -0.2) is 20.9 Å². The summed E-state index contributed by atoms with van der Waals surface area (Å²) in [5.74, 6) is -0.0854. The van der Waals surface area contributed by atoms with Gasteiger partial charge in [-0.2, -0.15) is 0 Å². The average molecular weight is 523 g/mol. The molecule has 0 spiro atoms. The first-order valence-electron chi connectivity index (χ1n) is 12.1. The summed E-state index contributed by atoms with van der Waals surface area (Å²) in [4.78, 5) is 13.4. The van der Waals surface area contributed by atoms with Crippen LogP contribution in [0.25, 0.3) is 5.57 Å². The van der Waals surface area contributed by atoms with Crippen molar-refractivity contribution < 1.29 is 17.9 Å². The van der Waals surface area contributed by atoms with Gasteiger partial charge in [0.25, 0.3) is 15.9 Å². The predicted octanol–water partition coefficient (Wildman–Crippen LogP) is 6.00. The summed E-state index contributed by atoms with van der Waals surface area (Å²) >= 11 is 0. The van der Waals surface area contributed by atoms with Crippen LogP contribution in [0.1, 0.15) is 16.7 Å². The second-order valence-corrected chi connectivity index (χ2v) is 10.5. The molecule has 1 heterocycles. The molecule has 1 N–H and O–H groups in total. The third-order valence-electron chi connectivity index (χ3n) is 6.14. The number of carbonyl (C=O) groups excluding carboxylic acids is 1. The Balaban J connectivity index is 1.50. The molecule has 0 saturated carbocycles. The molecule has 0 fully saturated rings. The van der Waals surface area contributed by atoms with Crippen LogP contribution >= 0.6 is 0 Å². The fourth-order valence-corrected chi connectivity index (χ4v) is 6.10. The van der Waals surface area contributed by atoms with E-state index in [1.54, 1.807) is 48.5 Å². The fraction of sp³-hybridized carbons (Fsp3) is 0.0645. The van der Waals surface area contributed by atoms with Gasteiger partial charge in [0.05, 0.1) is 12.2 Å². The van der Waals surface area contributed by atoms with Crippen molar-refractivity contribution in [2.24, 2.45) is 0 Å². The Labute approximate surface area is 222 Å². The quantitative estimate of drug-likeness (QED) is 0.288. The van der Waals surface area contributed by atoms with Crippen LogP contribution in [-0.2, 0) is 21.4 Å². The van der Waals surface area contributed by atoms with Gasteiger partial charge in [-0.15, -0.1) is 6.58 Å². The van der Waals surface area contributed by atoms with Gasteiger partial charge < -0.3 is 10.1 Å². The molecule has 1 amide bonds. The first kappa shape index (κ1) is 25.0. The highest BCUT2D eigenvalue weighted by molar-refractivity contribution is 7.97. The molecule has 190 valence electrons. The van der Waals surface area contributed by atoms with Gasteiger partial charge in [0.15, 0.2) is 4.91 Å². The highest BCUT2D eigenvalue weighted by atomic mass is 32.2. The molecule has 4 aromatic rings. The van der Waals surface area contributed by atoms with Gasteiger partial charge in [0.2, 0.25) is 0 Å². The second kappa shape index (κ2) is 10.8. The number of ether oxygens (including phenoxy) is 1. The number of nitrogens with one attached hydrogen (secondary N) is 1. The first-order chi connectivity index (χ1) is 18.5. The highest BCUT2D eigenvalue weighted by Crippen LogP contribution is 2.43. The number of carbonyl (C=O) groups is 1. The third-order valence-corrected chi connectivity index (χ3v) is 7.97. The summed E-state index contributed by atoms with van der Waals surface area (Å²) < 4.78 is 34.8. The van der Waals surface area contributed by atoms with Crippen LogP contribution in [0.4, 0.5) is 11.4 Å². The summed E-state index contributed by atoms with van der Waals surface area (Å²) in [7, 11) is -4.20. The van der Waals surface area contributed by atoms with E-state index in [4.69, 9.17) is 4.74 Å². The zero-order valence-corrected chi connectivity index (χ0v) is 21.4. The Bertz CT molecular complexity index is 1600. The second-order valence-electron chi connectivity index (χ2n) is 8.66. The SMILES string of the molecule is C=CCN1c2ccccc2C(c2ccccc2)=C(C(=O)Nc2ccc(OCc3ccccc3)cc2)S1(=O)=O. The Morgan fingerprint density at radius 1 is 0.842 bits per heavy atom. The molecule has 0 radical (unpaired) electrons. The molecule has 6 nitrogen and oxygen atoms in total. The van der Waals surface area contributed by atoms with E-state index in [9.17, 15) is 13.2 Å². The fourth-order valence-electron chi connectivity index (χ4n) is 4.39. The van der Waals surface area contributed by atoms with Crippen LogP contribution in [0.5, 0.6) is 5.75 Å². The molecular weight excluding hydrogens is 496 g/mol. The van der Waals surface area contributed by atoms with E-state index in [0.29, 0.717) is 40.4 Å². The molecule has 0 aromatic heterocycles. The smallest absolute Gasteiger partial charge is 0.270 e. The molecule has 38 heavy (non-hydrogen) atoms. The topological polar surface area (TPSA) is 75.7 Å². The van der Waals surface area contributed by atoms with Crippen molar-refractivity contribution in [1.82, 2.24) is 0 Å². The Morgan fingerprint density at radius 3 is 2.16 bits per heavy atom. The number of amides is 1. The third kappa shape index (κ3) is 4.96. The molecule has 0 unspecified atom stereocenters. The lowest BCUT2D eigenvalue weighted by molar-refractivity contribution is -0.112. The maximum Gasteiger partial charge on any atom is 0.270 e. The molecule has 1 aliphatic heterocycles. The van der Waals surface area contributed by atoms with E-state index in [1.807, 2.05) is 60.7 Å². The summed E-state index contributed by atoms with van der Waals surface area (Å²) in [6.07, 6.45) is 1.51. The zero-order chi connectivity index (χ0) is 26.5. The Hall–Kier alpha value is -4.62. The van der Waals surface area contributed by atoms with E-state index in [2.05, 4.69) is 11.9 Å². The van der Waals surface area contributed by atoms with Crippen LogP contribution in [0.3, 0.4) is 0 Å². The van der Waals surface area contributed by atoms with Gasteiger partial charge in [-0.05, 0) is 41.5 Å². The van der Waals surface area contributed by atoms with Crippen LogP contribution in [0.15, 0.2) is 127 Å². The molecule has 0 aliphatic carbocycles. The van der Waals surface area contributed by atoms with Crippen LogP contribution < -0.4 is 14.4 Å². The van der Waals surface area contributed by atoms with Crippen LogP contribution in [0, 0.1) is 0 Å². The summed E-state index contributed by atoms with van der Waals surface area (Å²) in [6, 6.07) is 32.9. The lowest BCUT2D eigenvalue weighted by atomic mass is 9.95. The number of nitrogens with zero attached hydrogens (tertiary/aromatic N) is 1. The lowest BCUT2D eigenvalue weighted by Gasteiger charge is -2.32. The Morgan fingerprint density at radius 2 is 1.47 bits per heavy atom. The average Bonchev–Trinajstić information content (AvgIpc) is 2.94. The van der Waals surface area contributed by atoms with E-state index in [1.165, 1.54) is 10.4 Å². The van der Waals surface area contributed by atoms with Gasteiger partial charge in [0.1, 0.15) is 12.4 Å². The van der Waals surface area contributed by atoms with Crippen molar-refractivity contribution in [2.75, 3.05) is 16.2 Å². The zero-order valence-electron chi connectivity index (χ0n) is 20.6. The van der Waals surface area contributed by atoms with E-state index in [-0.39, 0.29) is 11.4 Å². The van der Waals surface area contributed by atoms with E-state index >= 15 is 0 Å². The number of rotatable bonds is 8. The molecule has 4 aromatic carbocycles. The van der Waals surface area contributed by atoms with Crippen molar-refractivity contribution in [3.63, 3.8) is 0 Å². The standard InChI is InChI=1S/C31H26N2O4S/c1-2-21-33-28-16-10-9-15-27(28)29(24-13-7-4-8-14-24)30(38(33,35)36)31(34)32-25-17-19-26(20-18-25)37-22-23-11-5-3-6-12-23/h2-20H,1,21-22H2,(H,32,34). The highest BCUT2D eigenvalue weighted by Gasteiger charge is 2.40. The summed E-state index contributed by atoms with van der Waals surface area (Å²) in [5, 5.41) is 2.78. The Kier molecular flexibility index (Phi) is 7.11. The summed E-state index contributed by atoms with van der Waals surface area (Å²) in [5.41, 5.74) is 3.65. The minimum Gasteiger partial charge on any atom is -0.489 e. The lowest BCUT2D eigenvalue weighted by Crippen LogP contribution is -2.39. The van der Waals surface area contributed by atoms with Gasteiger partial charge in [-0.3, -0.25) is 9.10 Å². The molecule has 1 aliphatic rings. The molecule has 0 saturated heterocycles. The number of anilines is 2. The number of fused-ring (bicyclic) bond motifs is 1. The molecule has 7 heteroatoms. The number of hydrogen-bond donors (Lipinski definition) is 1. The molecular formula is C31H26N2O4S. The molecule has 5 rings (SSSR count). The van der Waals surface area contributed by atoms with Crippen LogP contribution in [0.2, 0.25) is 0 Å². The number of para-hydroxylation sites is 1. The van der Waals surface area contributed by atoms with Crippen molar-refractivity contribution in [2.45, 2.75) is 6.61 Å². The largest absolute Gasteiger partial charge is 0.489 e. The number of hydrogen-bond acceptors (Lipinski definition) is 4. The summed E-state index contributed by atoms with van der Waals surface area (Å²) in [6.45, 7) is 4.16.